The highest BCUT2D eigenvalue weighted by molar-refractivity contribution is 5.37. The van der Waals surface area contributed by atoms with Crippen molar-refractivity contribution in [2.75, 3.05) is 7.05 Å². The number of rotatable bonds is 4. The summed E-state index contributed by atoms with van der Waals surface area (Å²) < 4.78 is 41.9. The number of nitrogens with one attached hydrogen (secondary N) is 1. The maximum absolute atomic E-state index is 12.6. The van der Waals surface area contributed by atoms with Gasteiger partial charge in [0.05, 0.1) is 0 Å². The Morgan fingerprint density at radius 2 is 1.95 bits per heavy atom. The molecule has 118 valence electrons. The first kappa shape index (κ1) is 16.1. The van der Waals surface area contributed by atoms with Gasteiger partial charge in [0.25, 0.3) is 0 Å². The van der Waals surface area contributed by atoms with E-state index in [1.807, 2.05) is 0 Å². The molecule has 0 amide bonds. The number of para-hydroxylation sites is 1. The molecule has 0 radical (unpaired) electrons. The van der Waals surface area contributed by atoms with Gasteiger partial charge in [0.15, 0.2) is 0 Å². The third kappa shape index (κ3) is 3.70. The third-order valence-electron chi connectivity index (χ3n) is 4.53. The summed E-state index contributed by atoms with van der Waals surface area (Å²) in [6, 6.07) is 6.29. The number of benzene rings is 1. The lowest BCUT2D eigenvalue weighted by molar-refractivity contribution is -0.275. The molecule has 0 heterocycles. The molecule has 0 bridgehead atoms. The number of ether oxygens (including phenoxy) is 1. The molecule has 2 nitrogen and oxygen atoms in total. The second-order valence-electron chi connectivity index (χ2n) is 6.34. The monoisotopic (exact) mass is 301 g/mol. The Hall–Kier alpha value is -1.23. The number of halogens is 3. The lowest BCUT2D eigenvalue weighted by Gasteiger charge is -2.35. The van der Waals surface area contributed by atoms with E-state index in [2.05, 4.69) is 23.9 Å². The number of alkyl halides is 3. The van der Waals surface area contributed by atoms with Crippen LogP contribution in [0.25, 0.3) is 0 Å². The van der Waals surface area contributed by atoms with Gasteiger partial charge in [-0.15, -0.1) is 13.2 Å². The maximum atomic E-state index is 12.6. The van der Waals surface area contributed by atoms with Crippen molar-refractivity contribution in [2.24, 2.45) is 11.3 Å². The van der Waals surface area contributed by atoms with Gasteiger partial charge in [-0.1, -0.05) is 38.5 Å². The molecule has 0 aliphatic heterocycles. The molecule has 1 aliphatic carbocycles. The molecule has 0 aromatic heterocycles. The maximum Gasteiger partial charge on any atom is 0.573 e. The Morgan fingerprint density at radius 3 is 2.48 bits per heavy atom. The van der Waals surface area contributed by atoms with Gasteiger partial charge in [-0.3, -0.25) is 0 Å². The van der Waals surface area contributed by atoms with E-state index in [0.717, 1.165) is 19.3 Å². The van der Waals surface area contributed by atoms with Crippen LogP contribution in [0.3, 0.4) is 0 Å². The predicted octanol–water partition coefficient (Wildman–Crippen LogP) is 4.67. The molecule has 1 N–H and O–H groups in total. The van der Waals surface area contributed by atoms with Crippen molar-refractivity contribution in [3.63, 3.8) is 0 Å². The lowest BCUT2D eigenvalue weighted by atomic mass is 9.75. The number of hydrogen-bond acceptors (Lipinski definition) is 2. The van der Waals surface area contributed by atoms with Gasteiger partial charge in [0.2, 0.25) is 0 Å². The van der Waals surface area contributed by atoms with E-state index in [-0.39, 0.29) is 17.2 Å². The summed E-state index contributed by atoms with van der Waals surface area (Å²) in [6.45, 7) is 4.37. The van der Waals surface area contributed by atoms with Crippen LogP contribution in [-0.4, -0.2) is 13.4 Å². The van der Waals surface area contributed by atoms with Crippen LogP contribution in [0.4, 0.5) is 13.2 Å². The van der Waals surface area contributed by atoms with Crippen molar-refractivity contribution in [2.45, 2.75) is 45.5 Å². The summed E-state index contributed by atoms with van der Waals surface area (Å²) in [5.74, 6) is 0.188. The quantitative estimate of drug-likeness (QED) is 0.872. The first-order valence-electron chi connectivity index (χ1n) is 7.26. The molecule has 1 fully saturated rings. The molecule has 1 aromatic carbocycles. The van der Waals surface area contributed by atoms with Gasteiger partial charge < -0.3 is 10.1 Å². The summed E-state index contributed by atoms with van der Waals surface area (Å²) in [6.07, 6.45) is -1.45. The van der Waals surface area contributed by atoms with Crippen LogP contribution < -0.4 is 10.1 Å². The van der Waals surface area contributed by atoms with Crippen molar-refractivity contribution < 1.29 is 17.9 Å². The van der Waals surface area contributed by atoms with Gasteiger partial charge >= 0.3 is 6.36 Å². The van der Waals surface area contributed by atoms with Crippen LogP contribution in [0.2, 0.25) is 0 Å². The standard InChI is InChI=1S/C16H22F3NO/c1-15(2)10-6-8-12(15)14(20-3)11-7-4-5-9-13(11)21-16(17,18)19/h4-5,7,9,12,14,20H,6,8,10H2,1-3H3. The molecule has 2 atom stereocenters. The second kappa shape index (κ2) is 5.87. The summed E-state index contributed by atoms with van der Waals surface area (Å²) in [5, 5.41) is 3.19. The molecule has 2 rings (SSSR count). The van der Waals surface area contributed by atoms with Gasteiger partial charge in [0, 0.05) is 11.6 Å². The van der Waals surface area contributed by atoms with E-state index in [1.165, 1.54) is 6.07 Å². The predicted molar refractivity (Wildman–Crippen MR) is 76.0 cm³/mol. The second-order valence-corrected chi connectivity index (χ2v) is 6.34. The fourth-order valence-corrected chi connectivity index (χ4v) is 3.50. The molecule has 1 saturated carbocycles. The zero-order valence-corrected chi connectivity index (χ0v) is 12.6. The highest BCUT2D eigenvalue weighted by Crippen LogP contribution is 2.50. The van der Waals surface area contributed by atoms with Gasteiger partial charge in [-0.05, 0) is 37.3 Å². The summed E-state index contributed by atoms with van der Waals surface area (Å²) >= 11 is 0. The van der Waals surface area contributed by atoms with E-state index < -0.39 is 6.36 Å². The van der Waals surface area contributed by atoms with E-state index in [9.17, 15) is 13.2 Å². The average molecular weight is 301 g/mol. The van der Waals surface area contributed by atoms with Crippen molar-refractivity contribution in [1.29, 1.82) is 0 Å². The van der Waals surface area contributed by atoms with Gasteiger partial charge in [-0.25, -0.2) is 0 Å². The summed E-state index contributed by atoms with van der Waals surface area (Å²) in [5.41, 5.74) is 0.691. The zero-order valence-electron chi connectivity index (χ0n) is 12.6. The Bertz CT molecular complexity index is 485. The third-order valence-corrected chi connectivity index (χ3v) is 4.53. The molecule has 0 spiro atoms. The van der Waals surface area contributed by atoms with Gasteiger partial charge in [0.1, 0.15) is 5.75 Å². The topological polar surface area (TPSA) is 21.3 Å². The Labute approximate surface area is 123 Å². The summed E-state index contributed by atoms with van der Waals surface area (Å²) in [7, 11) is 1.80. The number of hydrogen-bond donors (Lipinski definition) is 1. The molecular weight excluding hydrogens is 279 g/mol. The lowest BCUT2D eigenvalue weighted by Crippen LogP contribution is -2.32. The minimum absolute atomic E-state index is 0.105. The van der Waals surface area contributed by atoms with Crippen molar-refractivity contribution in [1.82, 2.24) is 5.32 Å². The van der Waals surface area contributed by atoms with E-state index >= 15 is 0 Å². The Kier molecular flexibility index (Phi) is 4.51. The normalized spacial score (nSPS) is 23.0. The molecule has 1 aliphatic rings. The van der Waals surface area contributed by atoms with Crippen molar-refractivity contribution in [3.8, 4) is 5.75 Å². The smallest absolute Gasteiger partial charge is 0.405 e. The largest absolute Gasteiger partial charge is 0.573 e. The average Bonchev–Trinajstić information content (AvgIpc) is 2.71. The molecule has 1 aromatic rings. The van der Waals surface area contributed by atoms with E-state index in [4.69, 9.17) is 0 Å². The minimum Gasteiger partial charge on any atom is -0.405 e. The van der Waals surface area contributed by atoms with Crippen LogP contribution in [0.15, 0.2) is 24.3 Å². The summed E-state index contributed by atoms with van der Waals surface area (Å²) in [4.78, 5) is 0. The van der Waals surface area contributed by atoms with Crippen LogP contribution in [0.5, 0.6) is 5.75 Å². The molecule has 0 saturated heterocycles. The fourth-order valence-electron chi connectivity index (χ4n) is 3.50. The molecule has 2 unspecified atom stereocenters. The SMILES string of the molecule is CNC(c1ccccc1OC(F)(F)F)C1CCCC1(C)C. The van der Waals surface area contributed by atoms with Crippen LogP contribution in [0, 0.1) is 11.3 Å². The Balaban J connectivity index is 2.34. The van der Waals surface area contributed by atoms with E-state index in [0.29, 0.717) is 11.5 Å². The zero-order chi connectivity index (χ0) is 15.7. The van der Waals surface area contributed by atoms with Crippen LogP contribution in [0.1, 0.15) is 44.7 Å². The molecule has 5 heteroatoms. The van der Waals surface area contributed by atoms with Crippen molar-refractivity contribution >= 4 is 0 Å². The van der Waals surface area contributed by atoms with Gasteiger partial charge in [-0.2, -0.15) is 0 Å². The molecule has 21 heavy (non-hydrogen) atoms. The molecular formula is C16H22F3NO. The highest BCUT2D eigenvalue weighted by atomic mass is 19.4. The van der Waals surface area contributed by atoms with E-state index in [1.54, 1.807) is 25.2 Å². The van der Waals surface area contributed by atoms with Crippen LogP contribution >= 0.6 is 0 Å². The minimum atomic E-state index is -4.67. The fraction of sp³-hybridized carbons (Fsp3) is 0.625. The first-order chi connectivity index (χ1) is 9.74. The highest BCUT2D eigenvalue weighted by Gasteiger charge is 2.41. The van der Waals surface area contributed by atoms with Crippen molar-refractivity contribution in [3.05, 3.63) is 29.8 Å². The van der Waals surface area contributed by atoms with Crippen LogP contribution in [-0.2, 0) is 0 Å². The Morgan fingerprint density at radius 1 is 1.29 bits per heavy atom. The first-order valence-corrected chi connectivity index (χ1v) is 7.26.